The van der Waals surface area contributed by atoms with Crippen LogP contribution in [0.25, 0.3) is 11.3 Å². The van der Waals surface area contributed by atoms with E-state index in [-0.39, 0.29) is 12.0 Å². The topological polar surface area (TPSA) is 46.0 Å². The molecule has 0 atom stereocenters. The molecule has 1 N–H and O–H groups in total. The Bertz CT molecular complexity index is 666. The number of hydrogen-bond acceptors (Lipinski definition) is 3. The fourth-order valence-corrected chi connectivity index (χ4v) is 2.78. The number of nitrogens with zero attached hydrogens (tertiary/aromatic N) is 2. The summed E-state index contributed by atoms with van der Waals surface area (Å²) in [6, 6.07) is 8.20. The van der Waals surface area contributed by atoms with Gasteiger partial charge in [0.2, 0.25) is 0 Å². The van der Waals surface area contributed by atoms with Crippen LogP contribution in [0.3, 0.4) is 0 Å². The average Bonchev–Trinajstić information content (AvgIpc) is 3.22. The smallest absolute Gasteiger partial charge is 0.137 e. The van der Waals surface area contributed by atoms with Crippen LogP contribution < -0.4 is 0 Å². The van der Waals surface area contributed by atoms with Crippen molar-refractivity contribution in [3.05, 3.63) is 45.8 Å². The summed E-state index contributed by atoms with van der Waals surface area (Å²) in [6.07, 6.45) is 1.95. The van der Waals surface area contributed by atoms with Crippen molar-refractivity contribution in [1.29, 1.82) is 0 Å². The summed E-state index contributed by atoms with van der Waals surface area (Å²) in [5.41, 5.74) is 3.99. The number of rotatable bonds is 3. The fourth-order valence-electron chi connectivity index (χ4n) is 2.42. The standard InChI is InChI=1S/C16H17BrN2O/c1-10-3-4-12(17)8-13(10)14-7-11(2)18-15(19-14)16(9-20)5-6-16/h3-4,7-8,20H,5-6,9H2,1-2H3. The maximum atomic E-state index is 9.57. The highest BCUT2D eigenvalue weighted by atomic mass is 79.9. The molecule has 1 saturated carbocycles. The molecule has 0 saturated heterocycles. The van der Waals surface area contributed by atoms with E-state index in [2.05, 4.69) is 40.0 Å². The molecular weight excluding hydrogens is 316 g/mol. The second-order valence-corrected chi connectivity index (χ2v) is 6.53. The molecule has 0 aliphatic heterocycles. The van der Waals surface area contributed by atoms with Gasteiger partial charge in [0, 0.05) is 15.7 Å². The number of hydrogen-bond donors (Lipinski definition) is 1. The predicted molar refractivity (Wildman–Crippen MR) is 82.6 cm³/mol. The molecule has 3 rings (SSSR count). The van der Waals surface area contributed by atoms with Crippen LogP contribution in [0.1, 0.15) is 29.9 Å². The second kappa shape index (κ2) is 4.93. The first-order chi connectivity index (χ1) is 9.54. The molecule has 2 aromatic rings. The van der Waals surface area contributed by atoms with Gasteiger partial charge in [-0.3, -0.25) is 0 Å². The Labute approximate surface area is 127 Å². The molecule has 1 heterocycles. The third kappa shape index (κ3) is 2.38. The predicted octanol–water partition coefficient (Wildman–Crippen LogP) is 3.55. The summed E-state index contributed by atoms with van der Waals surface area (Å²) in [7, 11) is 0. The van der Waals surface area contributed by atoms with E-state index in [9.17, 15) is 5.11 Å². The molecule has 1 aromatic carbocycles. The lowest BCUT2D eigenvalue weighted by Gasteiger charge is -2.14. The van der Waals surface area contributed by atoms with Gasteiger partial charge in [-0.15, -0.1) is 0 Å². The molecule has 20 heavy (non-hydrogen) atoms. The Morgan fingerprint density at radius 1 is 1.20 bits per heavy atom. The molecule has 0 amide bonds. The van der Waals surface area contributed by atoms with Crippen molar-refractivity contribution in [3.8, 4) is 11.3 Å². The van der Waals surface area contributed by atoms with Gasteiger partial charge in [0.1, 0.15) is 5.82 Å². The highest BCUT2D eigenvalue weighted by Crippen LogP contribution is 2.46. The maximum absolute atomic E-state index is 9.57. The minimum Gasteiger partial charge on any atom is -0.395 e. The first-order valence-corrected chi connectivity index (χ1v) is 7.57. The van der Waals surface area contributed by atoms with Gasteiger partial charge in [-0.25, -0.2) is 9.97 Å². The number of aromatic nitrogens is 2. The largest absolute Gasteiger partial charge is 0.395 e. The Morgan fingerprint density at radius 3 is 2.60 bits per heavy atom. The Kier molecular flexibility index (Phi) is 3.38. The van der Waals surface area contributed by atoms with Crippen molar-refractivity contribution in [1.82, 2.24) is 9.97 Å². The molecule has 1 aliphatic rings. The minimum absolute atomic E-state index is 0.132. The quantitative estimate of drug-likeness (QED) is 0.934. The van der Waals surface area contributed by atoms with Crippen LogP contribution in [0.5, 0.6) is 0 Å². The van der Waals surface area contributed by atoms with Crippen LogP contribution in [0, 0.1) is 13.8 Å². The van der Waals surface area contributed by atoms with Gasteiger partial charge in [0.05, 0.1) is 17.7 Å². The SMILES string of the molecule is Cc1cc(-c2cc(Br)ccc2C)nc(C2(CO)CC2)n1. The van der Waals surface area contributed by atoms with Gasteiger partial charge >= 0.3 is 0 Å². The number of aliphatic hydroxyl groups excluding tert-OH is 1. The van der Waals surface area contributed by atoms with E-state index in [1.165, 1.54) is 5.56 Å². The van der Waals surface area contributed by atoms with Crippen LogP contribution in [0.15, 0.2) is 28.7 Å². The van der Waals surface area contributed by atoms with E-state index in [0.717, 1.165) is 40.1 Å². The van der Waals surface area contributed by atoms with Crippen LogP contribution in [-0.2, 0) is 5.41 Å². The average molecular weight is 333 g/mol. The summed E-state index contributed by atoms with van der Waals surface area (Å²) in [4.78, 5) is 9.25. The van der Waals surface area contributed by atoms with Crippen LogP contribution in [0.2, 0.25) is 0 Å². The van der Waals surface area contributed by atoms with E-state index < -0.39 is 0 Å². The molecule has 0 radical (unpaired) electrons. The first kappa shape index (κ1) is 13.7. The molecule has 1 fully saturated rings. The molecule has 3 nitrogen and oxygen atoms in total. The summed E-state index contributed by atoms with van der Waals surface area (Å²) >= 11 is 3.51. The number of aliphatic hydroxyl groups is 1. The molecule has 0 unspecified atom stereocenters. The van der Waals surface area contributed by atoms with E-state index in [1.54, 1.807) is 0 Å². The minimum atomic E-state index is -0.194. The van der Waals surface area contributed by atoms with Crippen molar-refractivity contribution < 1.29 is 5.11 Å². The van der Waals surface area contributed by atoms with Crippen molar-refractivity contribution in [2.24, 2.45) is 0 Å². The zero-order valence-electron chi connectivity index (χ0n) is 11.7. The van der Waals surface area contributed by atoms with Gasteiger partial charge in [0.25, 0.3) is 0 Å². The Morgan fingerprint density at radius 2 is 1.95 bits per heavy atom. The summed E-state index contributed by atoms with van der Waals surface area (Å²) < 4.78 is 1.04. The summed E-state index contributed by atoms with van der Waals surface area (Å²) in [5, 5.41) is 9.57. The summed E-state index contributed by atoms with van der Waals surface area (Å²) in [6.45, 7) is 4.20. The molecule has 4 heteroatoms. The molecule has 1 aliphatic carbocycles. The van der Waals surface area contributed by atoms with Gasteiger partial charge in [-0.2, -0.15) is 0 Å². The van der Waals surface area contributed by atoms with Crippen molar-refractivity contribution in [2.45, 2.75) is 32.1 Å². The maximum Gasteiger partial charge on any atom is 0.137 e. The van der Waals surface area contributed by atoms with Gasteiger partial charge in [0.15, 0.2) is 0 Å². The molecule has 104 valence electrons. The Balaban J connectivity index is 2.12. The number of halogens is 1. The first-order valence-electron chi connectivity index (χ1n) is 6.78. The monoisotopic (exact) mass is 332 g/mol. The van der Waals surface area contributed by atoms with Gasteiger partial charge in [-0.05, 0) is 50.5 Å². The third-order valence-corrected chi connectivity index (χ3v) is 4.45. The van der Waals surface area contributed by atoms with Crippen LogP contribution >= 0.6 is 15.9 Å². The number of aryl methyl sites for hydroxylation is 2. The normalized spacial score (nSPS) is 16.2. The zero-order chi connectivity index (χ0) is 14.3. The molecule has 0 bridgehead atoms. The lowest BCUT2D eigenvalue weighted by Crippen LogP contribution is -2.17. The lowest BCUT2D eigenvalue weighted by atomic mass is 10.0. The Hall–Kier alpha value is -1.26. The van der Waals surface area contributed by atoms with Crippen molar-refractivity contribution in [2.75, 3.05) is 6.61 Å². The number of benzene rings is 1. The highest BCUT2D eigenvalue weighted by molar-refractivity contribution is 9.10. The lowest BCUT2D eigenvalue weighted by molar-refractivity contribution is 0.249. The van der Waals surface area contributed by atoms with E-state index in [0.29, 0.717) is 0 Å². The highest BCUT2D eigenvalue weighted by Gasteiger charge is 2.46. The van der Waals surface area contributed by atoms with E-state index in [1.807, 2.05) is 19.1 Å². The van der Waals surface area contributed by atoms with Crippen molar-refractivity contribution in [3.63, 3.8) is 0 Å². The van der Waals surface area contributed by atoms with Crippen molar-refractivity contribution >= 4 is 15.9 Å². The van der Waals surface area contributed by atoms with Crippen LogP contribution in [0.4, 0.5) is 0 Å². The molecular formula is C16H17BrN2O. The molecule has 1 aromatic heterocycles. The zero-order valence-corrected chi connectivity index (χ0v) is 13.2. The molecule has 0 spiro atoms. The summed E-state index contributed by atoms with van der Waals surface area (Å²) in [5.74, 6) is 0.786. The van der Waals surface area contributed by atoms with Gasteiger partial charge < -0.3 is 5.11 Å². The van der Waals surface area contributed by atoms with E-state index >= 15 is 0 Å². The third-order valence-electron chi connectivity index (χ3n) is 3.96. The van der Waals surface area contributed by atoms with E-state index in [4.69, 9.17) is 4.98 Å². The second-order valence-electron chi connectivity index (χ2n) is 5.62. The van der Waals surface area contributed by atoms with Gasteiger partial charge in [-0.1, -0.05) is 22.0 Å². The fraction of sp³-hybridized carbons (Fsp3) is 0.375. The van der Waals surface area contributed by atoms with Crippen LogP contribution in [-0.4, -0.2) is 21.7 Å².